The van der Waals surface area contributed by atoms with Crippen LogP contribution in [0.15, 0.2) is 47.5 Å². The first-order valence-corrected chi connectivity index (χ1v) is 12.0. The summed E-state index contributed by atoms with van der Waals surface area (Å²) in [7, 11) is 1.61. The fraction of sp³-hybridized carbons (Fsp3) is 0.400. The van der Waals surface area contributed by atoms with Gasteiger partial charge >= 0.3 is 0 Å². The van der Waals surface area contributed by atoms with Crippen LogP contribution in [0.5, 0.6) is 5.75 Å². The second-order valence-electron chi connectivity index (χ2n) is 8.88. The highest BCUT2D eigenvalue weighted by Crippen LogP contribution is 2.38. The molecule has 0 aliphatic carbocycles. The Morgan fingerprint density at radius 1 is 1.24 bits per heavy atom. The zero-order valence-corrected chi connectivity index (χ0v) is 20.2. The molecule has 1 N–H and O–H groups in total. The summed E-state index contributed by atoms with van der Waals surface area (Å²) in [6, 6.07) is 12.8. The minimum atomic E-state index is -0.429. The number of amidine groups is 1. The molecule has 174 valence electrons. The molecular formula is C25H29N3O4S. The molecule has 2 saturated heterocycles. The van der Waals surface area contributed by atoms with Crippen molar-refractivity contribution in [2.75, 3.05) is 24.8 Å². The Hall–Kier alpha value is -2.84. The van der Waals surface area contributed by atoms with Gasteiger partial charge in [0.05, 0.1) is 12.6 Å². The normalized spacial score (nSPS) is 20.8. The van der Waals surface area contributed by atoms with E-state index >= 15 is 0 Å². The maximum atomic E-state index is 13.6. The van der Waals surface area contributed by atoms with Crippen molar-refractivity contribution in [2.24, 2.45) is 4.99 Å². The number of thioether (sulfide) groups is 1. The Morgan fingerprint density at radius 2 is 2.06 bits per heavy atom. The van der Waals surface area contributed by atoms with E-state index in [1.54, 1.807) is 48.0 Å². The van der Waals surface area contributed by atoms with E-state index in [1.165, 1.54) is 0 Å². The summed E-state index contributed by atoms with van der Waals surface area (Å²) < 4.78 is 10.9. The van der Waals surface area contributed by atoms with Crippen molar-refractivity contribution in [3.8, 4) is 5.75 Å². The molecule has 2 heterocycles. The fourth-order valence-electron chi connectivity index (χ4n) is 3.93. The highest BCUT2D eigenvalue weighted by molar-refractivity contribution is 8.14. The van der Waals surface area contributed by atoms with Crippen LogP contribution in [0.3, 0.4) is 0 Å². The molecule has 2 aromatic carbocycles. The van der Waals surface area contributed by atoms with E-state index in [9.17, 15) is 9.59 Å². The van der Waals surface area contributed by atoms with Crippen molar-refractivity contribution < 1.29 is 19.1 Å². The van der Waals surface area contributed by atoms with Gasteiger partial charge in [-0.3, -0.25) is 14.5 Å². The molecule has 2 amide bonds. The van der Waals surface area contributed by atoms with Crippen LogP contribution in [-0.2, 0) is 9.53 Å². The van der Waals surface area contributed by atoms with E-state index in [0.29, 0.717) is 40.9 Å². The Morgan fingerprint density at radius 3 is 2.79 bits per heavy atom. The number of aliphatic imine (C=N–C) groups is 1. The third kappa shape index (κ3) is 5.07. The number of aryl methyl sites for hydroxylation is 1. The Bertz CT molecular complexity index is 1090. The van der Waals surface area contributed by atoms with Crippen LogP contribution in [0.1, 0.15) is 42.6 Å². The van der Waals surface area contributed by atoms with E-state index in [-0.39, 0.29) is 11.8 Å². The lowest BCUT2D eigenvalue weighted by atomic mass is 10.0. The number of anilines is 1. The number of ether oxygens (including phenoxy) is 2. The van der Waals surface area contributed by atoms with E-state index in [1.807, 2.05) is 39.0 Å². The monoisotopic (exact) mass is 467 g/mol. The van der Waals surface area contributed by atoms with Gasteiger partial charge in [0, 0.05) is 23.6 Å². The number of carbonyl (C=O) groups is 2. The van der Waals surface area contributed by atoms with E-state index in [4.69, 9.17) is 14.5 Å². The van der Waals surface area contributed by atoms with Crippen LogP contribution in [-0.4, -0.2) is 53.0 Å². The van der Waals surface area contributed by atoms with E-state index in [0.717, 1.165) is 17.7 Å². The zero-order valence-electron chi connectivity index (χ0n) is 19.4. The number of benzene rings is 2. The molecule has 0 spiro atoms. The molecule has 0 bridgehead atoms. The summed E-state index contributed by atoms with van der Waals surface area (Å²) in [6.07, 6.45) is 1.17. The number of nitrogens with zero attached hydrogens (tertiary/aromatic N) is 2. The number of nitrogens with one attached hydrogen (secondary N) is 1. The molecule has 2 aliphatic heterocycles. The number of hydrogen-bond acceptors (Lipinski definition) is 6. The molecular weight excluding hydrogens is 438 g/mol. The predicted molar refractivity (Wildman–Crippen MR) is 132 cm³/mol. The van der Waals surface area contributed by atoms with Gasteiger partial charge in [-0.1, -0.05) is 23.9 Å². The second-order valence-corrected chi connectivity index (χ2v) is 9.83. The molecule has 8 heteroatoms. The van der Waals surface area contributed by atoms with Gasteiger partial charge < -0.3 is 14.8 Å². The van der Waals surface area contributed by atoms with Crippen LogP contribution in [0.4, 0.5) is 11.4 Å². The highest BCUT2D eigenvalue weighted by atomic mass is 32.2. The maximum Gasteiger partial charge on any atom is 0.260 e. The number of rotatable bonds is 5. The van der Waals surface area contributed by atoms with E-state index in [2.05, 4.69) is 5.32 Å². The topological polar surface area (TPSA) is 80.2 Å². The number of carbonyl (C=O) groups excluding carboxylic acids is 2. The molecule has 1 atom stereocenters. The van der Waals surface area contributed by atoms with Gasteiger partial charge in [-0.2, -0.15) is 0 Å². The smallest absolute Gasteiger partial charge is 0.260 e. The summed E-state index contributed by atoms with van der Waals surface area (Å²) in [5, 5.41) is 3.50. The third-order valence-corrected chi connectivity index (χ3v) is 7.09. The molecule has 33 heavy (non-hydrogen) atoms. The van der Waals surface area contributed by atoms with E-state index < -0.39 is 11.6 Å². The molecule has 0 radical (unpaired) electrons. The minimum Gasteiger partial charge on any atom is -0.494 e. The van der Waals surface area contributed by atoms with Gasteiger partial charge in [-0.15, -0.1) is 0 Å². The fourth-order valence-corrected chi connectivity index (χ4v) is 5.16. The Balaban J connectivity index is 1.61. The lowest BCUT2D eigenvalue weighted by Gasteiger charge is -2.30. The predicted octanol–water partition coefficient (Wildman–Crippen LogP) is 4.78. The van der Waals surface area contributed by atoms with Crippen molar-refractivity contribution in [1.82, 2.24) is 4.90 Å². The van der Waals surface area contributed by atoms with Crippen LogP contribution < -0.4 is 10.1 Å². The Kier molecular flexibility index (Phi) is 6.76. The lowest BCUT2D eigenvalue weighted by Crippen LogP contribution is -2.46. The van der Waals surface area contributed by atoms with Crippen molar-refractivity contribution in [3.05, 3.63) is 53.6 Å². The summed E-state index contributed by atoms with van der Waals surface area (Å²) in [4.78, 5) is 32.6. The first-order chi connectivity index (χ1) is 15.8. The van der Waals surface area contributed by atoms with Crippen molar-refractivity contribution in [1.29, 1.82) is 0 Å². The number of hydrogen-bond donors (Lipinski definition) is 1. The van der Waals surface area contributed by atoms with Crippen LogP contribution in [0.25, 0.3) is 0 Å². The summed E-state index contributed by atoms with van der Waals surface area (Å²) >= 11 is 1.55. The van der Waals surface area contributed by atoms with Gasteiger partial charge in [-0.25, -0.2) is 4.99 Å². The molecule has 2 aliphatic rings. The van der Waals surface area contributed by atoms with Crippen LogP contribution >= 0.6 is 11.8 Å². The first kappa shape index (κ1) is 23.3. The molecule has 4 rings (SSSR count). The molecule has 0 saturated carbocycles. The molecule has 2 fully saturated rings. The Labute approximate surface area is 198 Å². The lowest BCUT2D eigenvalue weighted by molar-refractivity contribution is -0.124. The average Bonchev–Trinajstić information content (AvgIpc) is 3.42. The number of amides is 2. The van der Waals surface area contributed by atoms with Gasteiger partial charge in [0.25, 0.3) is 11.8 Å². The largest absolute Gasteiger partial charge is 0.494 e. The molecule has 0 aromatic heterocycles. The standard InChI is InChI=1S/C25H29N3O4S/c1-16-10-11-20(31-4)19(13-16)27-24-28(25(2,3)15-33-24)23(30)17-7-5-8-18(14-17)26-22(29)21-9-6-12-32-21/h5,7-8,10-11,13-14,21H,6,9,12,15H2,1-4H3,(H,26,29). The zero-order chi connectivity index (χ0) is 23.6. The summed E-state index contributed by atoms with van der Waals surface area (Å²) in [5.41, 5.74) is 2.39. The maximum absolute atomic E-state index is 13.6. The van der Waals surface area contributed by atoms with Gasteiger partial charge in [-0.05, 0) is 69.5 Å². The first-order valence-electron chi connectivity index (χ1n) is 11.0. The third-order valence-electron chi connectivity index (χ3n) is 5.70. The average molecular weight is 468 g/mol. The SMILES string of the molecule is COc1ccc(C)cc1N=C1SCC(C)(C)N1C(=O)c1cccc(NC(=O)C2CCCO2)c1. The van der Waals surface area contributed by atoms with Crippen LogP contribution in [0, 0.1) is 6.92 Å². The molecule has 7 nitrogen and oxygen atoms in total. The molecule has 2 aromatic rings. The van der Waals surface area contributed by atoms with Gasteiger partial charge in [0.2, 0.25) is 0 Å². The number of methoxy groups -OCH3 is 1. The van der Waals surface area contributed by atoms with Crippen LogP contribution in [0.2, 0.25) is 0 Å². The van der Waals surface area contributed by atoms with Gasteiger partial charge in [0.15, 0.2) is 5.17 Å². The summed E-state index contributed by atoms with van der Waals surface area (Å²) in [6.45, 7) is 6.65. The molecule has 1 unspecified atom stereocenters. The van der Waals surface area contributed by atoms with Crippen molar-refractivity contribution in [3.63, 3.8) is 0 Å². The van der Waals surface area contributed by atoms with Crippen molar-refractivity contribution in [2.45, 2.75) is 45.3 Å². The van der Waals surface area contributed by atoms with Gasteiger partial charge in [0.1, 0.15) is 17.5 Å². The van der Waals surface area contributed by atoms with Crippen molar-refractivity contribution >= 4 is 40.1 Å². The summed E-state index contributed by atoms with van der Waals surface area (Å²) in [5.74, 6) is 1.04. The minimum absolute atomic E-state index is 0.163. The second kappa shape index (κ2) is 9.57. The quantitative estimate of drug-likeness (QED) is 0.685. The highest BCUT2D eigenvalue weighted by Gasteiger charge is 2.42.